The second-order valence-electron chi connectivity index (χ2n) is 6.62. The lowest BCUT2D eigenvalue weighted by Gasteiger charge is -2.06. The second kappa shape index (κ2) is 9.28. The topological polar surface area (TPSA) is 146 Å². The van der Waals surface area contributed by atoms with E-state index >= 15 is 0 Å². The van der Waals surface area contributed by atoms with Gasteiger partial charge >= 0.3 is 0 Å². The van der Waals surface area contributed by atoms with Crippen molar-refractivity contribution in [2.24, 2.45) is 5.14 Å². The van der Waals surface area contributed by atoms with Crippen LogP contribution in [-0.4, -0.2) is 41.5 Å². The van der Waals surface area contributed by atoms with Gasteiger partial charge in [0.2, 0.25) is 21.1 Å². The predicted molar refractivity (Wildman–Crippen MR) is 116 cm³/mol. The van der Waals surface area contributed by atoms with Crippen LogP contribution in [0, 0.1) is 6.92 Å². The zero-order chi connectivity index (χ0) is 21.7. The lowest BCUT2D eigenvalue weighted by molar-refractivity contribution is -0.118. The number of primary sulfonamides is 1. The first-order valence-electron chi connectivity index (χ1n) is 9.03. The smallest absolute Gasteiger partial charge is 0.238 e. The fourth-order valence-electron chi connectivity index (χ4n) is 2.65. The summed E-state index contributed by atoms with van der Waals surface area (Å²) in [5.41, 5.74) is 2.87. The van der Waals surface area contributed by atoms with E-state index < -0.39 is 10.0 Å². The van der Waals surface area contributed by atoms with Crippen molar-refractivity contribution in [3.63, 3.8) is 0 Å². The predicted octanol–water partition coefficient (Wildman–Crippen LogP) is 1.07. The molecule has 0 atom stereocenters. The Kier molecular flexibility index (Phi) is 6.75. The Morgan fingerprint density at radius 2 is 1.77 bits per heavy atom. The van der Waals surface area contributed by atoms with Gasteiger partial charge in [0.1, 0.15) is 0 Å². The van der Waals surface area contributed by atoms with Gasteiger partial charge in [0.15, 0.2) is 5.82 Å². The molecule has 0 aliphatic rings. The molecule has 0 unspecified atom stereocenters. The average Bonchev–Trinajstić information content (AvgIpc) is 3.07. The van der Waals surface area contributed by atoms with E-state index in [2.05, 4.69) is 15.5 Å². The second-order valence-corrected chi connectivity index (χ2v) is 9.12. The van der Waals surface area contributed by atoms with Crippen LogP contribution >= 0.6 is 11.8 Å². The van der Waals surface area contributed by atoms with Crippen molar-refractivity contribution in [2.45, 2.75) is 23.4 Å². The van der Waals surface area contributed by atoms with Crippen LogP contribution in [0.2, 0.25) is 0 Å². The molecule has 2 aromatic carbocycles. The molecule has 0 spiro atoms. The first-order valence-corrected chi connectivity index (χ1v) is 11.6. The number of rotatable bonds is 8. The van der Waals surface area contributed by atoms with Crippen LogP contribution in [0.5, 0.6) is 0 Å². The molecule has 0 bridgehead atoms. The van der Waals surface area contributed by atoms with Crippen LogP contribution in [0.3, 0.4) is 0 Å². The van der Waals surface area contributed by atoms with E-state index in [-0.39, 0.29) is 16.6 Å². The molecule has 1 aromatic heterocycles. The first kappa shape index (κ1) is 21.8. The van der Waals surface area contributed by atoms with E-state index in [9.17, 15) is 13.2 Å². The van der Waals surface area contributed by atoms with E-state index in [1.807, 2.05) is 31.2 Å². The summed E-state index contributed by atoms with van der Waals surface area (Å²) in [4.78, 5) is 12.1. The summed E-state index contributed by atoms with van der Waals surface area (Å²) < 4.78 is 23.9. The summed E-state index contributed by atoms with van der Waals surface area (Å²) >= 11 is 1.20. The Morgan fingerprint density at radius 1 is 1.10 bits per heavy atom. The number of sulfonamides is 1. The maximum atomic E-state index is 12.1. The van der Waals surface area contributed by atoms with Crippen LogP contribution in [0.25, 0.3) is 11.4 Å². The lowest BCUT2D eigenvalue weighted by Crippen LogP contribution is -2.27. The highest BCUT2D eigenvalue weighted by Crippen LogP contribution is 2.21. The number of nitrogens with one attached hydrogen (secondary N) is 1. The summed E-state index contributed by atoms with van der Waals surface area (Å²) in [5.74, 6) is 6.58. The highest BCUT2D eigenvalue weighted by Gasteiger charge is 2.13. The molecule has 0 radical (unpaired) electrons. The molecule has 11 heteroatoms. The Bertz CT molecular complexity index is 1130. The molecule has 0 aliphatic heterocycles. The monoisotopic (exact) mass is 446 g/mol. The largest absolute Gasteiger partial charge is 0.355 e. The van der Waals surface area contributed by atoms with Crippen LogP contribution < -0.4 is 16.3 Å². The molecule has 0 aliphatic carbocycles. The fourth-order valence-corrected chi connectivity index (χ4v) is 3.85. The van der Waals surface area contributed by atoms with Gasteiger partial charge in [0.25, 0.3) is 0 Å². The molecule has 1 heterocycles. The summed E-state index contributed by atoms with van der Waals surface area (Å²) in [5, 5.41) is 16.5. The number of aromatic nitrogens is 3. The van der Waals surface area contributed by atoms with Crippen molar-refractivity contribution in [1.82, 2.24) is 20.2 Å². The highest BCUT2D eigenvalue weighted by molar-refractivity contribution is 7.99. The van der Waals surface area contributed by atoms with E-state index in [0.29, 0.717) is 23.9 Å². The lowest BCUT2D eigenvalue weighted by atomic mass is 10.1. The average molecular weight is 447 g/mol. The molecule has 0 fully saturated rings. The number of thioether (sulfide) groups is 1. The van der Waals surface area contributed by atoms with Gasteiger partial charge in [-0.25, -0.2) is 18.2 Å². The van der Waals surface area contributed by atoms with E-state index in [1.165, 1.54) is 28.6 Å². The molecule has 0 saturated carbocycles. The van der Waals surface area contributed by atoms with Gasteiger partial charge in [-0.3, -0.25) is 4.79 Å². The van der Waals surface area contributed by atoms with Crippen molar-refractivity contribution < 1.29 is 13.2 Å². The minimum atomic E-state index is -3.70. The van der Waals surface area contributed by atoms with Gasteiger partial charge in [-0.15, -0.1) is 10.2 Å². The van der Waals surface area contributed by atoms with E-state index in [0.717, 1.165) is 16.7 Å². The number of nitrogens with two attached hydrogens (primary N) is 2. The number of nitrogen functional groups attached to an aromatic ring is 1. The van der Waals surface area contributed by atoms with Gasteiger partial charge in [-0.05, 0) is 31.0 Å². The number of hydrogen-bond acceptors (Lipinski definition) is 7. The summed E-state index contributed by atoms with van der Waals surface area (Å²) in [6.45, 7) is 2.41. The number of benzene rings is 2. The van der Waals surface area contributed by atoms with Gasteiger partial charge in [0.05, 0.1) is 10.6 Å². The maximum Gasteiger partial charge on any atom is 0.238 e. The summed E-state index contributed by atoms with van der Waals surface area (Å²) in [6.07, 6.45) is 0.561. The minimum absolute atomic E-state index is 0.0580. The molecular formula is C19H22N6O3S2. The van der Waals surface area contributed by atoms with Gasteiger partial charge < -0.3 is 11.2 Å². The Balaban J connectivity index is 1.48. The van der Waals surface area contributed by atoms with Crippen LogP contribution in [0.1, 0.15) is 11.1 Å². The quantitative estimate of drug-likeness (QED) is 0.346. The standard InChI is InChI=1S/C19H22N6O3S2/c1-13-2-6-15(7-3-13)18-23-24-19(25(18)20)29-12-17(26)22-11-10-14-4-8-16(9-5-14)30(21,27)28/h2-9H,10-12,20H2,1H3,(H,22,26)(H2,21,27,28). The number of amides is 1. The van der Waals surface area contributed by atoms with Crippen molar-refractivity contribution in [2.75, 3.05) is 18.1 Å². The Morgan fingerprint density at radius 3 is 2.40 bits per heavy atom. The maximum absolute atomic E-state index is 12.1. The molecular weight excluding hydrogens is 424 g/mol. The van der Waals surface area contributed by atoms with Crippen LogP contribution in [-0.2, 0) is 21.2 Å². The number of carbonyl (C=O) groups excluding carboxylic acids is 1. The normalized spacial score (nSPS) is 11.4. The minimum Gasteiger partial charge on any atom is -0.355 e. The molecule has 30 heavy (non-hydrogen) atoms. The molecule has 0 saturated heterocycles. The zero-order valence-corrected chi connectivity index (χ0v) is 17.9. The highest BCUT2D eigenvalue weighted by atomic mass is 32.2. The molecule has 158 valence electrons. The van der Waals surface area contributed by atoms with Crippen molar-refractivity contribution in [3.8, 4) is 11.4 Å². The fraction of sp³-hybridized carbons (Fsp3) is 0.211. The summed E-state index contributed by atoms with van der Waals surface area (Å²) in [6, 6.07) is 14.0. The summed E-state index contributed by atoms with van der Waals surface area (Å²) in [7, 11) is -3.70. The molecule has 1 amide bonds. The molecule has 3 rings (SSSR count). The first-order chi connectivity index (χ1) is 14.2. The van der Waals surface area contributed by atoms with Crippen molar-refractivity contribution in [3.05, 3.63) is 59.7 Å². The number of hydrogen-bond donors (Lipinski definition) is 3. The zero-order valence-electron chi connectivity index (χ0n) is 16.3. The molecule has 5 N–H and O–H groups in total. The van der Waals surface area contributed by atoms with Crippen LogP contribution in [0.15, 0.2) is 58.6 Å². The third kappa shape index (κ3) is 5.59. The Labute approximate surface area is 178 Å². The Hall–Kier alpha value is -2.89. The van der Waals surface area contributed by atoms with Crippen molar-refractivity contribution >= 4 is 27.7 Å². The van der Waals surface area contributed by atoms with Gasteiger partial charge in [-0.1, -0.05) is 53.7 Å². The number of nitrogens with zero attached hydrogens (tertiary/aromatic N) is 3. The number of aryl methyl sites for hydroxylation is 1. The third-order valence-electron chi connectivity index (χ3n) is 4.29. The SMILES string of the molecule is Cc1ccc(-c2nnc(SCC(=O)NCCc3ccc(S(N)(=O)=O)cc3)n2N)cc1. The number of carbonyl (C=O) groups is 1. The van der Waals surface area contributed by atoms with Crippen molar-refractivity contribution in [1.29, 1.82) is 0 Å². The van der Waals surface area contributed by atoms with Crippen LogP contribution in [0.4, 0.5) is 0 Å². The van der Waals surface area contributed by atoms with Gasteiger partial charge in [-0.2, -0.15) is 0 Å². The van der Waals surface area contributed by atoms with E-state index in [1.54, 1.807) is 12.1 Å². The third-order valence-corrected chi connectivity index (χ3v) is 6.17. The molecule has 3 aromatic rings. The van der Waals surface area contributed by atoms with E-state index in [4.69, 9.17) is 11.0 Å². The van der Waals surface area contributed by atoms with Gasteiger partial charge in [0, 0.05) is 12.1 Å². The molecule has 9 nitrogen and oxygen atoms in total.